The molecule has 14 heteroatoms. The average Bonchev–Trinajstić information content (AvgIpc) is 2.63. The van der Waals surface area contributed by atoms with Crippen molar-refractivity contribution < 1.29 is 55.1 Å². The van der Waals surface area contributed by atoms with E-state index < -0.39 is 74.6 Å². The molecule has 2 aliphatic heterocycles. The molecule has 0 aromatic carbocycles. The predicted molar refractivity (Wildman–Crippen MR) is 76.2 cm³/mol. The van der Waals surface area contributed by atoms with Crippen LogP contribution in [-0.4, -0.2) is 115 Å². The highest BCUT2D eigenvalue weighted by molar-refractivity contribution is 4.92. The van der Waals surface area contributed by atoms with E-state index in [1.165, 1.54) is 0 Å². The van der Waals surface area contributed by atoms with Crippen LogP contribution in [0, 0.1) is 11.1 Å². The fourth-order valence-electron chi connectivity index (χ4n) is 2.49. The van der Waals surface area contributed by atoms with Crippen molar-refractivity contribution in [1.29, 1.82) is 11.1 Å². The van der Waals surface area contributed by atoms with E-state index in [2.05, 4.69) is 0 Å². The van der Waals surface area contributed by atoms with E-state index in [4.69, 9.17) is 35.5 Å². The molecule has 0 aliphatic carbocycles. The number of nitrogens with zero attached hydrogens (tertiary/aromatic N) is 1. The molecule has 10 N–H and O–H groups in total. The lowest BCUT2D eigenvalue weighted by atomic mass is 9.98. The van der Waals surface area contributed by atoms with Gasteiger partial charge in [-0.15, -0.1) is 0 Å². The zero-order valence-corrected chi connectivity index (χ0v) is 13.4. The van der Waals surface area contributed by atoms with Crippen molar-refractivity contribution in [1.82, 2.24) is 4.91 Å². The second kappa shape index (κ2) is 10.3. The molecular formula is C12H24N3O11+. The first-order chi connectivity index (χ1) is 12.2. The first kappa shape index (κ1) is 22.9. The van der Waals surface area contributed by atoms with E-state index in [1.807, 2.05) is 4.91 Å². The van der Waals surface area contributed by atoms with Crippen molar-refractivity contribution in [2.75, 3.05) is 13.2 Å². The Hall–Kier alpha value is -1.13. The standard InChI is InChI=1S/C12H22O11.H2N3/c13-1-3-5(15)7(17)9(19)11(21-3)23-12-10(20)8(18)6(16)4(2-14)22-12;1-3-2/h3-20H,1-2H2;1-2H/q;+1/t3-,4-,5-,6-,7+,8+,9-,10-,11-,12-;/m1./s1. The highest BCUT2D eigenvalue weighted by Crippen LogP contribution is 2.27. The molecule has 10 atom stereocenters. The van der Waals surface area contributed by atoms with Crippen LogP contribution in [-0.2, 0) is 14.2 Å². The Kier molecular flexibility index (Phi) is 9.05. The van der Waals surface area contributed by atoms with Crippen molar-refractivity contribution in [3.63, 3.8) is 0 Å². The predicted octanol–water partition coefficient (Wildman–Crippen LogP) is -5.28. The number of aliphatic hydroxyl groups excluding tert-OH is 8. The molecular weight excluding hydrogens is 362 g/mol. The monoisotopic (exact) mass is 386 g/mol. The summed E-state index contributed by atoms with van der Waals surface area (Å²) in [7, 11) is 0. The van der Waals surface area contributed by atoms with Gasteiger partial charge in [-0.25, -0.2) is 0 Å². The van der Waals surface area contributed by atoms with Crippen LogP contribution in [0.5, 0.6) is 0 Å². The van der Waals surface area contributed by atoms with Gasteiger partial charge in [-0.2, -0.15) is 0 Å². The highest BCUT2D eigenvalue weighted by Gasteiger charge is 2.49. The second-order valence-corrected chi connectivity index (χ2v) is 5.64. The number of nitrogens with one attached hydrogen (secondary N) is 2. The number of rotatable bonds is 4. The molecule has 2 heterocycles. The number of ether oxygens (including phenoxy) is 3. The first-order valence-electron chi connectivity index (χ1n) is 7.53. The van der Waals surface area contributed by atoms with Crippen molar-refractivity contribution in [2.45, 2.75) is 61.4 Å². The van der Waals surface area contributed by atoms with Gasteiger partial charge in [0.25, 0.3) is 0 Å². The molecule has 2 rings (SSSR count). The van der Waals surface area contributed by atoms with E-state index in [0.717, 1.165) is 0 Å². The van der Waals surface area contributed by atoms with Gasteiger partial charge >= 0.3 is 0 Å². The minimum Gasteiger partial charge on any atom is -0.394 e. The molecule has 14 nitrogen and oxygen atoms in total. The van der Waals surface area contributed by atoms with Crippen LogP contribution in [0.1, 0.15) is 0 Å². The Morgan fingerprint density at radius 2 is 0.962 bits per heavy atom. The smallest absolute Gasteiger partial charge is 0.211 e. The van der Waals surface area contributed by atoms with Crippen molar-refractivity contribution in [3.8, 4) is 0 Å². The second-order valence-electron chi connectivity index (χ2n) is 5.64. The van der Waals surface area contributed by atoms with Crippen LogP contribution in [0.25, 0.3) is 0 Å². The molecule has 0 radical (unpaired) electrons. The molecule has 0 aromatic rings. The molecule has 2 aliphatic rings. The fourth-order valence-corrected chi connectivity index (χ4v) is 2.49. The third-order valence-electron chi connectivity index (χ3n) is 3.97. The summed E-state index contributed by atoms with van der Waals surface area (Å²) >= 11 is 0. The Morgan fingerprint density at radius 3 is 1.23 bits per heavy atom. The molecule has 0 bridgehead atoms. The summed E-state index contributed by atoms with van der Waals surface area (Å²) in [5, 5.41) is 76.4. The van der Waals surface area contributed by atoms with Gasteiger partial charge in [-0.3, -0.25) is 0 Å². The molecule has 0 aromatic heterocycles. The van der Waals surface area contributed by atoms with Crippen LogP contribution >= 0.6 is 0 Å². The van der Waals surface area contributed by atoms with Gasteiger partial charge in [0.15, 0.2) is 12.6 Å². The van der Waals surface area contributed by atoms with Crippen molar-refractivity contribution in [3.05, 3.63) is 0 Å². The molecule has 2 fully saturated rings. The van der Waals surface area contributed by atoms with Gasteiger partial charge in [0.2, 0.25) is 4.91 Å². The third-order valence-corrected chi connectivity index (χ3v) is 3.97. The summed E-state index contributed by atoms with van der Waals surface area (Å²) in [6.07, 6.45) is -15.6. The van der Waals surface area contributed by atoms with E-state index in [1.54, 1.807) is 0 Å². The zero-order chi connectivity index (χ0) is 20.0. The van der Waals surface area contributed by atoms with Crippen molar-refractivity contribution in [2.24, 2.45) is 0 Å². The van der Waals surface area contributed by atoms with Crippen LogP contribution < -0.4 is 4.91 Å². The minimum absolute atomic E-state index is 0.667. The lowest BCUT2D eigenvalue weighted by molar-refractivity contribution is -0.376. The summed E-state index contributed by atoms with van der Waals surface area (Å²) in [6.45, 7) is -1.33. The molecule has 0 spiro atoms. The van der Waals surface area contributed by atoms with Gasteiger partial charge in [0.05, 0.1) is 13.2 Å². The normalized spacial score (nSPS) is 46.0. The SMILES string of the molecule is N=[N+]=N.OC[C@H]1O[C@H](O[C@H]2O[C@H](CO)[C@@H](O)[C@H](O)[C@H]2O)[C@H](O)[C@@H](O)[C@@H]1O. The molecule has 0 amide bonds. The first-order valence-corrected chi connectivity index (χ1v) is 7.53. The van der Waals surface area contributed by atoms with Crippen LogP contribution in [0.2, 0.25) is 0 Å². The Bertz CT molecular complexity index is 428. The Morgan fingerprint density at radius 1 is 0.654 bits per heavy atom. The molecule has 26 heavy (non-hydrogen) atoms. The average molecular weight is 386 g/mol. The van der Waals surface area contributed by atoms with Crippen LogP contribution in [0.15, 0.2) is 0 Å². The zero-order valence-electron chi connectivity index (χ0n) is 13.4. The largest absolute Gasteiger partial charge is 0.394 e. The molecule has 0 saturated carbocycles. The summed E-state index contributed by atoms with van der Waals surface area (Å²) in [6, 6.07) is 0. The lowest BCUT2D eigenvalue weighted by Crippen LogP contribution is -2.63. The van der Waals surface area contributed by atoms with Gasteiger partial charge in [0, 0.05) is 0 Å². The fraction of sp³-hybridized carbons (Fsp3) is 1.00. The maximum absolute atomic E-state index is 9.84. The van der Waals surface area contributed by atoms with E-state index in [9.17, 15) is 30.6 Å². The quantitative estimate of drug-likeness (QED) is 0.161. The Labute approximate surface area is 146 Å². The summed E-state index contributed by atoms with van der Waals surface area (Å²) < 4.78 is 15.3. The summed E-state index contributed by atoms with van der Waals surface area (Å²) in [4.78, 5) is 2.00. The number of hydrogen-bond donors (Lipinski definition) is 10. The van der Waals surface area contributed by atoms with Crippen LogP contribution in [0.4, 0.5) is 0 Å². The molecule has 2 saturated heterocycles. The maximum atomic E-state index is 9.84. The third kappa shape index (κ3) is 4.98. The minimum atomic E-state index is -1.72. The maximum Gasteiger partial charge on any atom is 0.211 e. The molecule has 152 valence electrons. The van der Waals surface area contributed by atoms with E-state index in [-0.39, 0.29) is 0 Å². The van der Waals surface area contributed by atoms with E-state index in [0.29, 0.717) is 0 Å². The Balaban J connectivity index is 0.00000105. The van der Waals surface area contributed by atoms with Gasteiger partial charge in [-0.05, 0) is 0 Å². The van der Waals surface area contributed by atoms with Gasteiger partial charge < -0.3 is 55.1 Å². The summed E-state index contributed by atoms with van der Waals surface area (Å²) in [5.41, 5.74) is 11.0. The van der Waals surface area contributed by atoms with Gasteiger partial charge in [0.1, 0.15) is 59.9 Å². The van der Waals surface area contributed by atoms with Crippen LogP contribution in [0.3, 0.4) is 0 Å². The van der Waals surface area contributed by atoms with Gasteiger partial charge in [-0.1, -0.05) is 0 Å². The summed E-state index contributed by atoms with van der Waals surface area (Å²) in [5.74, 6) is 0. The topological polar surface area (TPSA) is 251 Å². The molecule has 0 unspecified atom stereocenters. The van der Waals surface area contributed by atoms with Crippen molar-refractivity contribution >= 4 is 0 Å². The lowest BCUT2D eigenvalue weighted by Gasteiger charge is -2.44. The number of aliphatic hydroxyl groups is 8. The number of hydrogen-bond acceptors (Lipinski definition) is 13. The van der Waals surface area contributed by atoms with E-state index >= 15 is 0 Å². The highest BCUT2D eigenvalue weighted by atomic mass is 16.8.